The van der Waals surface area contributed by atoms with E-state index in [0.717, 1.165) is 11.1 Å². The van der Waals surface area contributed by atoms with E-state index in [1.165, 1.54) is 6.92 Å². The molecule has 0 aliphatic rings. The van der Waals surface area contributed by atoms with E-state index in [0.29, 0.717) is 12.2 Å². The highest BCUT2D eigenvalue weighted by Crippen LogP contribution is 2.18. The first-order valence-electron chi connectivity index (χ1n) is 7.36. The Bertz CT molecular complexity index is 699. The van der Waals surface area contributed by atoms with E-state index in [4.69, 9.17) is 10.5 Å². The lowest BCUT2D eigenvalue weighted by atomic mass is 10.1. The quantitative estimate of drug-likeness (QED) is 0.656. The van der Waals surface area contributed by atoms with Crippen molar-refractivity contribution >= 4 is 17.6 Å². The molecule has 1 amide bonds. The molecule has 0 aliphatic heterocycles. The van der Waals surface area contributed by atoms with Gasteiger partial charge in [-0.25, -0.2) is 4.79 Å². The maximum Gasteiger partial charge on any atom is 0.341 e. The molecule has 0 spiro atoms. The van der Waals surface area contributed by atoms with Crippen LogP contribution in [0.25, 0.3) is 0 Å². The molecule has 2 rings (SSSR count). The van der Waals surface area contributed by atoms with Crippen molar-refractivity contribution in [1.82, 2.24) is 5.32 Å². The summed E-state index contributed by atoms with van der Waals surface area (Å²) >= 11 is 0. The minimum Gasteiger partial charge on any atom is -0.449 e. The largest absolute Gasteiger partial charge is 0.449 e. The summed E-state index contributed by atoms with van der Waals surface area (Å²) in [5.41, 5.74) is 8.28. The van der Waals surface area contributed by atoms with Gasteiger partial charge in [-0.1, -0.05) is 42.5 Å². The molecule has 0 aliphatic carbocycles. The molecular formula is C18H20N2O3. The van der Waals surface area contributed by atoms with Crippen LogP contribution in [0.4, 0.5) is 5.69 Å². The summed E-state index contributed by atoms with van der Waals surface area (Å²) in [6.07, 6.45) is -0.897. The number of anilines is 1. The number of rotatable bonds is 5. The Hall–Kier alpha value is -2.82. The number of esters is 1. The smallest absolute Gasteiger partial charge is 0.341 e. The van der Waals surface area contributed by atoms with Crippen LogP contribution in [-0.4, -0.2) is 18.0 Å². The van der Waals surface area contributed by atoms with Gasteiger partial charge >= 0.3 is 5.97 Å². The zero-order valence-electron chi connectivity index (χ0n) is 13.2. The molecule has 0 fully saturated rings. The first kappa shape index (κ1) is 16.5. The molecule has 0 saturated carbocycles. The number of hydrogen-bond donors (Lipinski definition) is 2. The van der Waals surface area contributed by atoms with Gasteiger partial charge in [-0.3, -0.25) is 4.79 Å². The van der Waals surface area contributed by atoms with Gasteiger partial charge in [0.25, 0.3) is 5.91 Å². The molecule has 3 N–H and O–H groups in total. The number of ether oxygens (including phenoxy) is 1. The van der Waals surface area contributed by atoms with Crippen LogP contribution in [0, 0.1) is 6.92 Å². The van der Waals surface area contributed by atoms with Crippen LogP contribution in [0.1, 0.15) is 28.4 Å². The Kier molecular flexibility index (Phi) is 5.36. The van der Waals surface area contributed by atoms with Gasteiger partial charge in [-0.15, -0.1) is 0 Å². The van der Waals surface area contributed by atoms with E-state index in [2.05, 4.69) is 5.32 Å². The summed E-state index contributed by atoms with van der Waals surface area (Å²) in [5, 5.41) is 2.73. The Morgan fingerprint density at radius 1 is 1.13 bits per heavy atom. The number of hydrogen-bond acceptors (Lipinski definition) is 4. The van der Waals surface area contributed by atoms with Gasteiger partial charge in [0.2, 0.25) is 0 Å². The molecule has 2 aromatic rings. The molecule has 0 unspecified atom stereocenters. The predicted molar refractivity (Wildman–Crippen MR) is 88.8 cm³/mol. The first-order chi connectivity index (χ1) is 11.0. The summed E-state index contributed by atoms with van der Waals surface area (Å²) < 4.78 is 5.19. The van der Waals surface area contributed by atoms with Crippen LogP contribution in [0.15, 0.2) is 48.5 Å². The summed E-state index contributed by atoms with van der Waals surface area (Å²) in [5.74, 6) is -0.956. The van der Waals surface area contributed by atoms with Crippen LogP contribution in [0.3, 0.4) is 0 Å². The van der Waals surface area contributed by atoms with Crippen LogP contribution in [0.2, 0.25) is 0 Å². The van der Waals surface area contributed by atoms with Gasteiger partial charge in [0.05, 0.1) is 5.56 Å². The molecule has 120 valence electrons. The molecule has 0 aromatic heterocycles. The second-order valence-corrected chi connectivity index (χ2v) is 5.29. The minimum absolute atomic E-state index is 0.271. The van der Waals surface area contributed by atoms with Gasteiger partial charge < -0.3 is 15.8 Å². The van der Waals surface area contributed by atoms with Crippen LogP contribution < -0.4 is 11.1 Å². The minimum atomic E-state index is -0.897. The lowest BCUT2D eigenvalue weighted by Crippen LogP contribution is -2.35. The zero-order valence-corrected chi connectivity index (χ0v) is 13.2. The number of nitrogens with one attached hydrogen (secondary N) is 1. The fraction of sp³-hybridized carbons (Fsp3) is 0.222. The van der Waals surface area contributed by atoms with Gasteiger partial charge in [-0.05, 0) is 31.0 Å². The first-order valence-corrected chi connectivity index (χ1v) is 7.36. The fourth-order valence-corrected chi connectivity index (χ4v) is 2.06. The second-order valence-electron chi connectivity index (χ2n) is 5.29. The lowest BCUT2D eigenvalue weighted by molar-refractivity contribution is -0.129. The Morgan fingerprint density at radius 2 is 1.83 bits per heavy atom. The van der Waals surface area contributed by atoms with Gasteiger partial charge in [0.1, 0.15) is 0 Å². The number of nitrogens with two attached hydrogens (primary N) is 1. The molecule has 1 atom stereocenters. The zero-order chi connectivity index (χ0) is 16.8. The van der Waals surface area contributed by atoms with E-state index in [9.17, 15) is 9.59 Å². The maximum atomic E-state index is 12.1. The van der Waals surface area contributed by atoms with Crippen molar-refractivity contribution in [2.45, 2.75) is 26.5 Å². The SMILES string of the molecule is Cc1cccc(C(=O)O[C@@H](C)C(=O)NCc2ccccc2)c1N. The summed E-state index contributed by atoms with van der Waals surface area (Å²) in [6.45, 7) is 3.72. The number of aryl methyl sites for hydroxylation is 1. The topological polar surface area (TPSA) is 81.4 Å². The molecule has 2 aromatic carbocycles. The van der Waals surface area contributed by atoms with Crippen molar-refractivity contribution in [1.29, 1.82) is 0 Å². The number of amides is 1. The lowest BCUT2D eigenvalue weighted by Gasteiger charge is -2.15. The van der Waals surface area contributed by atoms with Gasteiger partial charge in [0.15, 0.2) is 6.10 Å². The van der Waals surface area contributed by atoms with E-state index in [-0.39, 0.29) is 11.5 Å². The average molecular weight is 312 g/mol. The summed E-state index contributed by atoms with van der Waals surface area (Å²) in [7, 11) is 0. The number of para-hydroxylation sites is 1. The van der Waals surface area contributed by atoms with Gasteiger partial charge in [0, 0.05) is 12.2 Å². The fourth-order valence-electron chi connectivity index (χ4n) is 2.06. The van der Waals surface area contributed by atoms with Crippen LogP contribution in [-0.2, 0) is 16.1 Å². The summed E-state index contributed by atoms with van der Waals surface area (Å²) in [6, 6.07) is 14.6. The van der Waals surface area contributed by atoms with Crippen LogP contribution >= 0.6 is 0 Å². The molecule has 5 nitrogen and oxygen atoms in total. The molecular weight excluding hydrogens is 292 g/mol. The van der Waals surface area contributed by atoms with Crippen molar-refractivity contribution in [2.75, 3.05) is 5.73 Å². The second kappa shape index (κ2) is 7.45. The highest BCUT2D eigenvalue weighted by molar-refractivity contribution is 5.97. The molecule has 0 saturated heterocycles. The Morgan fingerprint density at radius 3 is 2.52 bits per heavy atom. The predicted octanol–water partition coefficient (Wildman–Crippen LogP) is 2.44. The number of carbonyl (C=O) groups excluding carboxylic acids is 2. The van der Waals surface area contributed by atoms with Crippen molar-refractivity contribution in [3.05, 3.63) is 65.2 Å². The summed E-state index contributed by atoms with van der Waals surface area (Å²) in [4.78, 5) is 24.1. The third-order valence-electron chi connectivity index (χ3n) is 3.51. The highest BCUT2D eigenvalue weighted by Gasteiger charge is 2.20. The van der Waals surface area contributed by atoms with E-state index in [1.807, 2.05) is 43.3 Å². The third-order valence-corrected chi connectivity index (χ3v) is 3.51. The molecule has 5 heteroatoms. The van der Waals surface area contributed by atoms with E-state index >= 15 is 0 Å². The van der Waals surface area contributed by atoms with Crippen molar-refractivity contribution in [3.8, 4) is 0 Å². The highest BCUT2D eigenvalue weighted by atomic mass is 16.5. The average Bonchev–Trinajstić information content (AvgIpc) is 2.55. The Labute approximate surface area is 135 Å². The normalized spacial score (nSPS) is 11.6. The van der Waals surface area contributed by atoms with E-state index < -0.39 is 12.1 Å². The van der Waals surface area contributed by atoms with Crippen molar-refractivity contribution in [2.24, 2.45) is 0 Å². The third kappa shape index (κ3) is 4.32. The van der Waals surface area contributed by atoms with E-state index in [1.54, 1.807) is 12.1 Å². The molecule has 0 bridgehead atoms. The monoisotopic (exact) mass is 312 g/mol. The van der Waals surface area contributed by atoms with Crippen molar-refractivity contribution in [3.63, 3.8) is 0 Å². The molecule has 0 radical (unpaired) electrons. The number of benzene rings is 2. The molecule has 0 heterocycles. The number of carbonyl (C=O) groups is 2. The maximum absolute atomic E-state index is 12.1. The van der Waals surface area contributed by atoms with Gasteiger partial charge in [-0.2, -0.15) is 0 Å². The molecule has 23 heavy (non-hydrogen) atoms. The number of nitrogen functional groups attached to an aromatic ring is 1. The van der Waals surface area contributed by atoms with Crippen molar-refractivity contribution < 1.29 is 14.3 Å². The Balaban J connectivity index is 1.92. The standard InChI is InChI=1S/C18H20N2O3/c1-12-7-6-10-15(16(12)19)18(22)23-13(2)17(21)20-11-14-8-4-3-5-9-14/h3-10,13H,11,19H2,1-2H3,(H,20,21)/t13-/m0/s1. The van der Waals surface area contributed by atoms with Crippen LogP contribution in [0.5, 0.6) is 0 Å².